The summed E-state index contributed by atoms with van der Waals surface area (Å²) in [6.45, 7) is 5.58. The minimum Gasteiger partial charge on any atom is -0.383 e. The van der Waals surface area contributed by atoms with Gasteiger partial charge in [-0.25, -0.2) is 0 Å². The van der Waals surface area contributed by atoms with Crippen LogP contribution in [0.5, 0.6) is 0 Å². The second kappa shape index (κ2) is 6.39. The molecule has 0 N–H and O–H groups in total. The molecule has 13 heavy (non-hydrogen) atoms. The van der Waals surface area contributed by atoms with E-state index in [9.17, 15) is 0 Å². The summed E-state index contributed by atoms with van der Waals surface area (Å²) in [6, 6.07) is 0.842. The van der Waals surface area contributed by atoms with Crippen LogP contribution in [0.4, 0.5) is 0 Å². The third-order valence-electron chi connectivity index (χ3n) is 2.95. The number of nitrogens with zero attached hydrogens (tertiary/aromatic N) is 1. The summed E-state index contributed by atoms with van der Waals surface area (Å²) < 4.78 is 5.13. The largest absolute Gasteiger partial charge is 0.383 e. The average Bonchev–Trinajstić information content (AvgIpc) is 2.17. The van der Waals surface area contributed by atoms with E-state index in [2.05, 4.69) is 11.8 Å². The minimum absolute atomic E-state index is 0.842. The van der Waals surface area contributed by atoms with Crippen LogP contribution in [0.25, 0.3) is 0 Å². The molecule has 78 valence electrons. The highest BCUT2D eigenvalue weighted by Gasteiger charge is 2.20. The van der Waals surface area contributed by atoms with Gasteiger partial charge in [0.15, 0.2) is 0 Å². The molecule has 2 nitrogen and oxygen atoms in total. The molecule has 0 bridgehead atoms. The van der Waals surface area contributed by atoms with Gasteiger partial charge < -0.3 is 4.74 Å². The number of likely N-dealkylation sites (tertiary alicyclic amines) is 1. The highest BCUT2D eigenvalue weighted by Crippen LogP contribution is 2.20. The molecule has 1 aliphatic heterocycles. The first-order chi connectivity index (χ1) is 6.38. The second-order valence-corrected chi connectivity index (χ2v) is 3.97. The number of ether oxygens (including phenoxy) is 1. The zero-order chi connectivity index (χ0) is 9.52. The van der Waals surface area contributed by atoms with Crippen LogP contribution in [-0.2, 0) is 4.74 Å². The molecule has 0 amide bonds. The van der Waals surface area contributed by atoms with E-state index in [1.807, 2.05) is 0 Å². The third kappa shape index (κ3) is 3.65. The summed E-state index contributed by atoms with van der Waals surface area (Å²) in [5.41, 5.74) is 0. The van der Waals surface area contributed by atoms with E-state index < -0.39 is 0 Å². The summed E-state index contributed by atoms with van der Waals surface area (Å²) in [6.07, 6.45) is 6.88. The summed E-state index contributed by atoms with van der Waals surface area (Å²) in [5.74, 6) is 0. The molecular formula is C11H23NO. The van der Waals surface area contributed by atoms with Gasteiger partial charge in [-0.3, -0.25) is 4.90 Å². The van der Waals surface area contributed by atoms with Gasteiger partial charge in [0.1, 0.15) is 0 Å². The van der Waals surface area contributed by atoms with E-state index in [1.54, 1.807) is 7.11 Å². The van der Waals surface area contributed by atoms with Crippen LogP contribution < -0.4 is 0 Å². The van der Waals surface area contributed by atoms with Gasteiger partial charge in [-0.15, -0.1) is 0 Å². The van der Waals surface area contributed by atoms with E-state index in [1.165, 1.54) is 38.6 Å². The van der Waals surface area contributed by atoms with Crippen molar-refractivity contribution in [2.75, 3.05) is 26.8 Å². The van der Waals surface area contributed by atoms with Crippen molar-refractivity contribution in [1.29, 1.82) is 0 Å². The Morgan fingerprint density at radius 1 is 1.38 bits per heavy atom. The number of piperidine rings is 1. The van der Waals surface area contributed by atoms with Gasteiger partial charge in [0, 0.05) is 19.7 Å². The molecule has 1 heterocycles. The molecule has 0 radical (unpaired) electrons. The van der Waals surface area contributed by atoms with Crippen LogP contribution in [0.1, 0.15) is 39.0 Å². The summed E-state index contributed by atoms with van der Waals surface area (Å²) in [5, 5.41) is 0. The van der Waals surface area contributed by atoms with Crippen LogP contribution in [0.15, 0.2) is 0 Å². The Morgan fingerprint density at radius 2 is 2.23 bits per heavy atom. The highest BCUT2D eigenvalue weighted by molar-refractivity contribution is 4.76. The van der Waals surface area contributed by atoms with Crippen LogP contribution in [0.2, 0.25) is 0 Å². The van der Waals surface area contributed by atoms with Crippen LogP contribution >= 0.6 is 0 Å². The van der Waals surface area contributed by atoms with Crippen molar-refractivity contribution in [3.05, 3.63) is 0 Å². The molecule has 0 aromatic rings. The Morgan fingerprint density at radius 3 is 2.92 bits per heavy atom. The zero-order valence-corrected chi connectivity index (χ0v) is 9.09. The lowest BCUT2D eigenvalue weighted by Gasteiger charge is -2.35. The van der Waals surface area contributed by atoms with E-state index in [0.29, 0.717) is 0 Å². The van der Waals surface area contributed by atoms with E-state index in [0.717, 1.165) is 19.2 Å². The predicted molar refractivity (Wildman–Crippen MR) is 56.0 cm³/mol. The summed E-state index contributed by atoms with van der Waals surface area (Å²) in [4.78, 5) is 2.61. The molecule has 0 spiro atoms. The standard InChI is InChI=1S/C11H23NO/c1-3-6-11-7-4-5-8-12(11)9-10-13-2/h11H,3-10H2,1-2H3. The van der Waals surface area contributed by atoms with Gasteiger partial charge in [0.25, 0.3) is 0 Å². The third-order valence-corrected chi connectivity index (χ3v) is 2.95. The van der Waals surface area contributed by atoms with Gasteiger partial charge in [0.2, 0.25) is 0 Å². The van der Waals surface area contributed by atoms with Gasteiger partial charge in [0.05, 0.1) is 6.61 Å². The molecule has 1 unspecified atom stereocenters. The van der Waals surface area contributed by atoms with Gasteiger partial charge >= 0.3 is 0 Å². The lowest BCUT2D eigenvalue weighted by atomic mass is 9.98. The molecule has 1 rings (SSSR count). The molecule has 0 aliphatic carbocycles. The normalized spacial score (nSPS) is 24.9. The Balaban J connectivity index is 2.28. The van der Waals surface area contributed by atoms with Gasteiger partial charge in [-0.1, -0.05) is 19.8 Å². The topological polar surface area (TPSA) is 12.5 Å². The van der Waals surface area contributed by atoms with E-state index in [4.69, 9.17) is 4.74 Å². The second-order valence-electron chi connectivity index (χ2n) is 3.97. The van der Waals surface area contributed by atoms with E-state index >= 15 is 0 Å². The highest BCUT2D eigenvalue weighted by atomic mass is 16.5. The fraction of sp³-hybridized carbons (Fsp3) is 1.00. The van der Waals surface area contributed by atoms with Crippen LogP contribution in [0, 0.1) is 0 Å². The minimum atomic E-state index is 0.842. The maximum absolute atomic E-state index is 5.13. The number of methoxy groups -OCH3 is 1. The van der Waals surface area contributed by atoms with Crippen molar-refractivity contribution < 1.29 is 4.74 Å². The predicted octanol–water partition coefficient (Wildman–Crippen LogP) is 2.29. The molecule has 1 aliphatic rings. The van der Waals surface area contributed by atoms with Crippen LogP contribution in [-0.4, -0.2) is 37.7 Å². The average molecular weight is 185 g/mol. The molecule has 1 atom stereocenters. The van der Waals surface area contributed by atoms with Gasteiger partial charge in [-0.05, 0) is 25.8 Å². The van der Waals surface area contributed by atoms with Crippen molar-refractivity contribution in [3.8, 4) is 0 Å². The number of hydrogen-bond donors (Lipinski definition) is 0. The number of rotatable bonds is 5. The van der Waals surface area contributed by atoms with Crippen molar-refractivity contribution in [2.24, 2.45) is 0 Å². The van der Waals surface area contributed by atoms with Crippen molar-refractivity contribution >= 4 is 0 Å². The maximum Gasteiger partial charge on any atom is 0.0589 e. The van der Waals surface area contributed by atoms with Crippen molar-refractivity contribution in [1.82, 2.24) is 4.90 Å². The Hall–Kier alpha value is -0.0800. The first-order valence-electron chi connectivity index (χ1n) is 5.61. The van der Waals surface area contributed by atoms with Crippen molar-refractivity contribution in [3.63, 3.8) is 0 Å². The van der Waals surface area contributed by atoms with Gasteiger partial charge in [-0.2, -0.15) is 0 Å². The fourth-order valence-electron chi connectivity index (χ4n) is 2.22. The Bertz CT molecular complexity index is 125. The SMILES string of the molecule is CCCC1CCCCN1CCOC. The van der Waals surface area contributed by atoms with Crippen molar-refractivity contribution in [2.45, 2.75) is 45.1 Å². The fourth-order valence-corrected chi connectivity index (χ4v) is 2.22. The quantitative estimate of drug-likeness (QED) is 0.651. The molecule has 2 heteroatoms. The molecule has 0 saturated carbocycles. The molecular weight excluding hydrogens is 162 g/mol. The molecule has 1 fully saturated rings. The number of hydrogen-bond acceptors (Lipinski definition) is 2. The van der Waals surface area contributed by atoms with Crippen LogP contribution in [0.3, 0.4) is 0 Å². The van der Waals surface area contributed by atoms with E-state index in [-0.39, 0.29) is 0 Å². The summed E-state index contributed by atoms with van der Waals surface area (Å²) in [7, 11) is 1.79. The first kappa shape index (κ1) is 11.0. The zero-order valence-electron chi connectivity index (χ0n) is 9.09. The maximum atomic E-state index is 5.13. The smallest absolute Gasteiger partial charge is 0.0589 e. The Labute approximate surface area is 82.3 Å². The molecule has 1 saturated heterocycles. The lowest BCUT2D eigenvalue weighted by Crippen LogP contribution is -2.41. The lowest BCUT2D eigenvalue weighted by molar-refractivity contribution is 0.0917. The Kier molecular flexibility index (Phi) is 5.40. The first-order valence-corrected chi connectivity index (χ1v) is 5.61. The molecule has 0 aromatic heterocycles. The summed E-state index contributed by atoms with van der Waals surface area (Å²) >= 11 is 0. The molecule has 0 aromatic carbocycles. The monoisotopic (exact) mass is 185 g/mol.